The molecule has 1 fully saturated rings. The lowest BCUT2D eigenvalue weighted by Gasteiger charge is -2.24. The molecular formula is C16H24N2O3. The maximum absolute atomic E-state index is 12.2. The van der Waals surface area contributed by atoms with Gasteiger partial charge in [0.25, 0.3) is 5.91 Å². The molecule has 0 aromatic carbocycles. The van der Waals surface area contributed by atoms with Crippen LogP contribution in [0.25, 0.3) is 0 Å². The van der Waals surface area contributed by atoms with Crippen molar-refractivity contribution in [2.24, 2.45) is 0 Å². The minimum Gasteiger partial charge on any atom is -0.474 e. The van der Waals surface area contributed by atoms with Gasteiger partial charge in [-0.15, -0.1) is 0 Å². The molecule has 1 heterocycles. The highest BCUT2D eigenvalue weighted by molar-refractivity contribution is 5.94. The Bertz CT molecular complexity index is 482. The SMILES string of the molecule is CC(C)(CO)NC(=O)c1ccnc(OC2CCCCC2)c1. The average molecular weight is 292 g/mol. The second-order valence-corrected chi connectivity index (χ2v) is 6.26. The molecule has 21 heavy (non-hydrogen) atoms. The van der Waals surface area contributed by atoms with Crippen LogP contribution in [0.1, 0.15) is 56.3 Å². The molecule has 0 unspecified atom stereocenters. The van der Waals surface area contributed by atoms with Crippen molar-refractivity contribution in [1.82, 2.24) is 10.3 Å². The Hall–Kier alpha value is -1.62. The van der Waals surface area contributed by atoms with E-state index in [-0.39, 0.29) is 18.6 Å². The summed E-state index contributed by atoms with van der Waals surface area (Å²) >= 11 is 0. The molecule has 1 aromatic rings. The maximum atomic E-state index is 12.2. The number of aromatic nitrogens is 1. The highest BCUT2D eigenvalue weighted by Crippen LogP contribution is 2.22. The predicted octanol–water partition coefficient (Wildman–Crippen LogP) is 2.29. The standard InChI is InChI=1S/C16H24N2O3/c1-16(2,11-19)18-15(20)12-8-9-17-14(10-12)21-13-6-4-3-5-7-13/h8-10,13,19H,3-7,11H2,1-2H3,(H,18,20). The lowest BCUT2D eigenvalue weighted by Crippen LogP contribution is -2.46. The van der Waals surface area contributed by atoms with Gasteiger partial charge in [0.15, 0.2) is 0 Å². The molecule has 5 nitrogen and oxygen atoms in total. The number of nitrogens with zero attached hydrogens (tertiary/aromatic N) is 1. The molecule has 5 heteroatoms. The van der Waals surface area contributed by atoms with Crippen LogP contribution in [0.15, 0.2) is 18.3 Å². The van der Waals surface area contributed by atoms with E-state index in [0.29, 0.717) is 11.4 Å². The molecule has 0 radical (unpaired) electrons. The van der Waals surface area contributed by atoms with Crippen molar-refractivity contribution in [2.45, 2.75) is 57.6 Å². The lowest BCUT2D eigenvalue weighted by atomic mass is 9.98. The van der Waals surface area contributed by atoms with Gasteiger partial charge in [-0.2, -0.15) is 0 Å². The minimum atomic E-state index is -0.648. The molecule has 0 atom stereocenters. The van der Waals surface area contributed by atoms with Crippen LogP contribution in [0.3, 0.4) is 0 Å². The summed E-state index contributed by atoms with van der Waals surface area (Å²) in [4.78, 5) is 16.3. The van der Waals surface area contributed by atoms with E-state index < -0.39 is 5.54 Å². The first kappa shape index (κ1) is 15.8. The Morgan fingerprint density at radius 3 is 2.81 bits per heavy atom. The van der Waals surface area contributed by atoms with E-state index in [1.54, 1.807) is 32.2 Å². The summed E-state index contributed by atoms with van der Waals surface area (Å²) in [7, 11) is 0. The van der Waals surface area contributed by atoms with Crippen LogP contribution in [-0.2, 0) is 0 Å². The Balaban J connectivity index is 2.01. The number of aliphatic hydroxyl groups is 1. The van der Waals surface area contributed by atoms with Crippen LogP contribution in [0.2, 0.25) is 0 Å². The van der Waals surface area contributed by atoms with Gasteiger partial charge in [0.1, 0.15) is 6.10 Å². The summed E-state index contributed by atoms with van der Waals surface area (Å²) in [6, 6.07) is 3.31. The van der Waals surface area contributed by atoms with Crippen LogP contribution in [0, 0.1) is 0 Å². The van der Waals surface area contributed by atoms with Gasteiger partial charge >= 0.3 is 0 Å². The van der Waals surface area contributed by atoms with Gasteiger partial charge in [-0.1, -0.05) is 6.42 Å². The molecule has 2 rings (SSSR count). The summed E-state index contributed by atoms with van der Waals surface area (Å²) in [6.07, 6.45) is 7.54. The summed E-state index contributed by atoms with van der Waals surface area (Å²) in [5, 5.41) is 12.0. The molecule has 0 bridgehead atoms. The number of carbonyl (C=O) groups is 1. The molecule has 0 spiro atoms. The van der Waals surface area contributed by atoms with Crippen LogP contribution < -0.4 is 10.1 Å². The summed E-state index contributed by atoms with van der Waals surface area (Å²) < 4.78 is 5.86. The Morgan fingerprint density at radius 2 is 2.14 bits per heavy atom. The van der Waals surface area contributed by atoms with Gasteiger partial charge in [0.05, 0.1) is 12.1 Å². The molecular weight excluding hydrogens is 268 g/mol. The first-order chi connectivity index (χ1) is 10.00. The van der Waals surface area contributed by atoms with Crippen LogP contribution in [0.5, 0.6) is 5.88 Å². The first-order valence-corrected chi connectivity index (χ1v) is 7.56. The molecule has 1 aromatic heterocycles. The van der Waals surface area contributed by atoms with Crippen LogP contribution >= 0.6 is 0 Å². The zero-order chi connectivity index (χ0) is 15.3. The Morgan fingerprint density at radius 1 is 1.43 bits per heavy atom. The largest absolute Gasteiger partial charge is 0.474 e. The normalized spacial score (nSPS) is 16.5. The van der Waals surface area contributed by atoms with Crippen molar-refractivity contribution in [1.29, 1.82) is 0 Å². The first-order valence-electron chi connectivity index (χ1n) is 7.56. The Labute approximate surface area is 125 Å². The van der Waals surface area contributed by atoms with E-state index in [0.717, 1.165) is 12.8 Å². The fraction of sp³-hybridized carbons (Fsp3) is 0.625. The smallest absolute Gasteiger partial charge is 0.252 e. The van der Waals surface area contributed by atoms with Crippen LogP contribution in [0.4, 0.5) is 0 Å². The van der Waals surface area contributed by atoms with Crippen molar-refractivity contribution in [3.8, 4) is 5.88 Å². The number of nitrogens with one attached hydrogen (secondary N) is 1. The number of aliphatic hydroxyl groups excluding tert-OH is 1. The minimum absolute atomic E-state index is 0.116. The quantitative estimate of drug-likeness (QED) is 0.873. The van der Waals surface area contributed by atoms with E-state index in [4.69, 9.17) is 4.74 Å². The average Bonchev–Trinajstić information content (AvgIpc) is 2.48. The van der Waals surface area contributed by atoms with Gasteiger partial charge in [-0.3, -0.25) is 4.79 Å². The maximum Gasteiger partial charge on any atom is 0.252 e. The van der Waals surface area contributed by atoms with E-state index in [1.807, 2.05) is 0 Å². The number of hydrogen-bond acceptors (Lipinski definition) is 4. The monoisotopic (exact) mass is 292 g/mol. The van der Waals surface area contributed by atoms with Crippen molar-refractivity contribution in [3.63, 3.8) is 0 Å². The molecule has 1 amide bonds. The summed E-state index contributed by atoms with van der Waals surface area (Å²) in [5.74, 6) is 0.265. The van der Waals surface area contributed by atoms with Gasteiger partial charge in [0.2, 0.25) is 5.88 Å². The van der Waals surface area contributed by atoms with E-state index in [2.05, 4.69) is 10.3 Å². The number of pyridine rings is 1. The third-order valence-corrected chi connectivity index (χ3v) is 3.68. The van der Waals surface area contributed by atoms with Gasteiger partial charge in [-0.25, -0.2) is 4.98 Å². The Kier molecular flexibility index (Phi) is 5.17. The highest BCUT2D eigenvalue weighted by atomic mass is 16.5. The summed E-state index contributed by atoms with van der Waals surface area (Å²) in [5.41, 5.74) is -0.151. The second-order valence-electron chi connectivity index (χ2n) is 6.26. The topological polar surface area (TPSA) is 71.5 Å². The van der Waals surface area contributed by atoms with E-state index in [9.17, 15) is 9.90 Å². The van der Waals surface area contributed by atoms with Crippen molar-refractivity contribution in [3.05, 3.63) is 23.9 Å². The van der Waals surface area contributed by atoms with Crippen molar-refractivity contribution >= 4 is 5.91 Å². The van der Waals surface area contributed by atoms with Crippen molar-refractivity contribution < 1.29 is 14.6 Å². The predicted molar refractivity (Wildman–Crippen MR) is 80.4 cm³/mol. The number of rotatable bonds is 5. The number of carbonyl (C=O) groups excluding carboxylic acids is 1. The highest BCUT2D eigenvalue weighted by Gasteiger charge is 2.21. The van der Waals surface area contributed by atoms with Crippen LogP contribution in [-0.4, -0.2) is 34.2 Å². The summed E-state index contributed by atoms with van der Waals surface area (Å²) in [6.45, 7) is 3.42. The molecule has 1 saturated carbocycles. The van der Waals surface area contributed by atoms with Gasteiger partial charge in [0, 0.05) is 17.8 Å². The second kappa shape index (κ2) is 6.89. The molecule has 0 saturated heterocycles. The van der Waals surface area contributed by atoms with Crippen molar-refractivity contribution in [2.75, 3.05) is 6.61 Å². The molecule has 1 aliphatic rings. The third-order valence-electron chi connectivity index (χ3n) is 3.68. The number of ether oxygens (including phenoxy) is 1. The van der Waals surface area contributed by atoms with Gasteiger partial charge in [-0.05, 0) is 45.6 Å². The fourth-order valence-electron chi connectivity index (χ4n) is 2.39. The molecule has 116 valence electrons. The van der Waals surface area contributed by atoms with E-state index in [1.165, 1.54) is 19.3 Å². The molecule has 2 N–H and O–H groups in total. The zero-order valence-electron chi connectivity index (χ0n) is 12.8. The van der Waals surface area contributed by atoms with E-state index >= 15 is 0 Å². The number of amides is 1. The number of hydrogen-bond donors (Lipinski definition) is 2. The molecule has 1 aliphatic carbocycles. The van der Waals surface area contributed by atoms with Gasteiger partial charge < -0.3 is 15.2 Å². The fourth-order valence-corrected chi connectivity index (χ4v) is 2.39. The molecule has 0 aliphatic heterocycles. The lowest BCUT2D eigenvalue weighted by molar-refractivity contribution is 0.0867. The third kappa shape index (κ3) is 4.70. The zero-order valence-corrected chi connectivity index (χ0v) is 12.8.